The average molecular weight is 211 g/mol. The van der Waals surface area contributed by atoms with Gasteiger partial charge in [0.1, 0.15) is 0 Å². The van der Waals surface area contributed by atoms with Crippen LogP contribution in [0.3, 0.4) is 0 Å². The molecule has 0 heterocycles. The van der Waals surface area contributed by atoms with Gasteiger partial charge in [0, 0.05) is 7.11 Å². The Balaban J connectivity index is 3.35. The van der Waals surface area contributed by atoms with Crippen molar-refractivity contribution in [3.8, 4) is 0 Å². The number of ether oxygens (including phenoxy) is 1. The number of methoxy groups -OCH3 is 1. The summed E-state index contributed by atoms with van der Waals surface area (Å²) in [4.78, 5) is 20.8. The number of carboxylic acids is 1. The first-order valence-electron chi connectivity index (χ1n) is 4.04. The number of hydrogen-bond acceptors (Lipinski definition) is 4. The first-order chi connectivity index (χ1) is 7.05. The van der Waals surface area contributed by atoms with E-state index in [0.717, 1.165) is 7.11 Å². The van der Waals surface area contributed by atoms with Crippen LogP contribution in [0.15, 0.2) is 30.3 Å². The maximum Gasteiger partial charge on any atom is 0.448 e. The summed E-state index contributed by atoms with van der Waals surface area (Å²) in [6, 6.07) is 7.32. The number of nitrogens with zero attached hydrogens (tertiary/aromatic N) is 1. The molecule has 0 bridgehead atoms. The van der Waals surface area contributed by atoms with E-state index in [9.17, 15) is 14.9 Å². The summed E-state index contributed by atoms with van der Waals surface area (Å²) < 4.78 is 4.55. The van der Waals surface area contributed by atoms with Crippen LogP contribution in [-0.4, -0.2) is 23.1 Å². The van der Waals surface area contributed by atoms with E-state index in [1.807, 2.05) is 0 Å². The van der Waals surface area contributed by atoms with E-state index in [1.165, 1.54) is 24.3 Å². The lowest BCUT2D eigenvalue weighted by Crippen LogP contribution is -2.45. The Hall–Kier alpha value is -1.95. The molecule has 6 heteroatoms. The molecule has 0 radical (unpaired) electrons. The lowest BCUT2D eigenvalue weighted by atomic mass is 10.0. The minimum absolute atomic E-state index is 0.0231. The smallest absolute Gasteiger partial charge is 0.448 e. The molecule has 6 nitrogen and oxygen atoms in total. The highest BCUT2D eigenvalue weighted by molar-refractivity contribution is 5.77. The third-order valence-corrected chi connectivity index (χ3v) is 2.01. The van der Waals surface area contributed by atoms with Crippen molar-refractivity contribution in [3.63, 3.8) is 0 Å². The Bertz CT molecular complexity index is 361. The first kappa shape index (κ1) is 11.1. The molecule has 1 aromatic carbocycles. The van der Waals surface area contributed by atoms with E-state index in [-0.39, 0.29) is 5.56 Å². The second-order valence-corrected chi connectivity index (χ2v) is 2.78. The maximum absolute atomic E-state index is 10.9. The van der Waals surface area contributed by atoms with E-state index < -0.39 is 16.6 Å². The molecule has 0 spiro atoms. The molecule has 80 valence electrons. The Morgan fingerprint density at radius 3 is 2.33 bits per heavy atom. The van der Waals surface area contributed by atoms with Gasteiger partial charge in [-0.25, -0.2) is 4.79 Å². The third kappa shape index (κ3) is 1.66. The SMILES string of the molecule is COC(C(=O)O)(c1ccccc1)[N+](=O)[O-]. The molecule has 0 fully saturated rings. The number of aliphatic carboxylic acids is 1. The van der Waals surface area contributed by atoms with Gasteiger partial charge in [-0.1, -0.05) is 18.2 Å². The number of benzene rings is 1. The summed E-state index contributed by atoms with van der Waals surface area (Å²) in [7, 11) is 0.990. The van der Waals surface area contributed by atoms with Crippen molar-refractivity contribution < 1.29 is 19.6 Å². The van der Waals surface area contributed by atoms with Crippen LogP contribution in [0, 0.1) is 10.1 Å². The zero-order valence-electron chi connectivity index (χ0n) is 7.91. The number of rotatable bonds is 4. The van der Waals surface area contributed by atoms with E-state index in [2.05, 4.69) is 4.74 Å². The van der Waals surface area contributed by atoms with Crippen LogP contribution in [0.4, 0.5) is 0 Å². The van der Waals surface area contributed by atoms with Crippen LogP contribution in [-0.2, 0) is 15.3 Å². The number of hydrogen-bond donors (Lipinski definition) is 1. The fourth-order valence-corrected chi connectivity index (χ4v) is 1.25. The van der Waals surface area contributed by atoms with Crippen LogP contribution >= 0.6 is 0 Å². The summed E-state index contributed by atoms with van der Waals surface area (Å²) in [5, 5.41) is 19.7. The fourth-order valence-electron chi connectivity index (χ4n) is 1.25. The Labute approximate surface area is 85.2 Å². The van der Waals surface area contributed by atoms with Crippen LogP contribution < -0.4 is 0 Å². The molecular formula is C9H9NO5. The lowest BCUT2D eigenvalue weighted by Gasteiger charge is -2.18. The molecule has 1 atom stereocenters. The largest absolute Gasteiger partial charge is 0.474 e. The highest BCUT2D eigenvalue weighted by Crippen LogP contribution is 2.25. The molecule has 0 saturated carbocycles. The van der Waals surface area contributed by atoms with Gasteiger partial charge in [0.05, 0.1) is 10.5 Å². The predicted octanol–water partition coefficient (Wildman–Crippen LogP) is 0.847. The van der Waals surface area contributed by atoms with Gasteiger partial charge in [-0.05, 0) is 12.1 Å². The van der Waals surface area contributed by atoms with Gasteiger partial charge in [0.25, 0.3) is 0 Å². The fraction of sp³-hybridized carbons (Fsp3) is 0.222. The van der Waals surface area contributed by atoms with Crippen LogP contribution in [0.25, 0.3) is 0 Å². The minimum Gasteiger partial charge on any atom is -0.474 e. The minimum atomic E-state index is -2.53. The molecule has 0 amide bonds. The summed E-state index contributed by atoms with van der Waals surface area (Å²) in [6.45, 7) is 0. The first-order valence-corrected chi connectivity index (χ1v) is 4.04. The molecule has 15 heavy (non-hydrogen) atoms. The van der Waals surface area contributed by atoms with Crippen molar-refractivity contribution in [2.24, 2.45) is 0 Å². The van der Waals surface area contributed by atoms with E-state index >= 15 is 0 Å². The molecule has 1 unspecified atom stereocenters. The lowest BCUT2D eigenvalue weighted by molar-refractivity contribution is -0.620. The van der Waals surface area contributed by atoms with E-state index in [4.69, 9.17) is 5.11 Å². The Morgan fingerprint density at radius 1 is 1.47 bits per heavy atom. The van der Waals surface area contributed by atoms with Gasteiger partial charge in [0.15, 0.2) is 0 Å². The number of nitro groups is 1. The van der Waals surface area contributed by atoms with Crippen LogP contribution in [0.5, 0.6) is 0 Å². The van der Waals surface area contributed by atoms with E-state index in [1.54, 1.807) is 6.07 Å². The van der Waals surface area contributed by atoms with Crippen molar-refractivity contribution in [3.05, 3.63) is 46.0 Å². The van der Waals surface area contributed by atoms with Crippen molar-refractivity contribution in [1.29, 1.82) is 0 Å². The molecule has 1 rings (SSSR count). The molecular weight excluding hydrogens is 202 g/mol. The average Bonchev–Trinajstić information content (AvgIpc) is 2.20. The number of carbonyl (C=O) groups is 1. The molecule has 1 aromatic rings. The zero-order valence-corrected chi connectivity index (χ0v) is 7.91. The Kier molecular flexibility index (Phi) is 3.01. The number of carboxylic acid groups (broad SMARTS) is 1. The van der Waals surface area contributed by atoms with Crippen molar-refractivity contribution in [2.75, 3.05) is 7.11 Å². The second kappa shape index (κ2) is 4.05. The van der Waals surface area contributed by atoms with Crippen LogP contribution in [0.1, 0.15) is 5.56 Å². The predicted molar refractivity (Wildman–Crippen MR) is 49.8 cm³/mol. The summed E-state index contributed by atoms with van der Waals surface area (Å²) in [5.41, 5.74) is -2.55. The van der Waals surface area contributed by atoms with Crippen molar-refractivity contribution in [2.45, 2.75) is 5.72 Å². The zero-order chi connectivity index (χ0) is 11.5. The summed E-state index contributed by atoms with van der Waals surface area (Å²) >= 11 is 0. The molecule has 0 aromatic heterocycles. The molecule has 1 N–H and O–H groups in total. The van der Waals surface area contributed by atoms with Crippen LogP contribution in [0.2, 0.25) is 0 Å². The van der Waals surface area contributed by atoms with Gasteiger partial charge in [-0.15, -0.1) is 0 Å². The van der Waals surface area contributed by atoms with Gasteiger partial charge in [-0.3, -0.25) is 10.1 Å². The monoisotopic (exact) mass is 211 g/mol. The topological polar surface area (TPSA) is 89.7 Å². The van der Waals surface area contributed by atoms with Gasteiger partial charge < -0.3 is 9.84 Å². The molecule has 0 aliphatic rings. The van der Waals surface area contributed by atoms with E-state index in [0.29, 0.717) is 0 Å². The summed E-state index contributed by atoms with van der Waals surface area (Å²) in [5.74, 6) is -1.65. The normalized spacial score (nSPS) is 14.2. The molecule has 0 aliphatic heterocycles. The van der Waals surface area contributed by atoms with Gasteiger partial charge in [0.2, 0.25) is 0 Å². The van der Waals surface area contributed by atoms with Crippen molar-refractivity contribution >= 4 is 5.97 Å². The molecule has 0 saturated heterocycles. The van der Waals surface area contributed by atoms with Gasteiger partial charge >= 0.3 is 11.7 Å². The second-order valence-electron chi connectivity index (χ2n) is 2.78. The standard InChI is InChI=1S/C9H9NO5/c1-15-9(8(11)12,10(13)14)7-5-3-2-4-6-7/h2-6H,1H3,(H,11,12). The highest BCUT2D eigenvalue weighted by atomic mass is 16.7. The van der Waals surface area contributed by atoms with Crippen molar-refractivity contribution in [1.82, 2.24) is 0 Å². The quantitative estimate of drug-likeness (QED) is 0.453. The molecule has 0 aliphatic carbocycles. The summed E-state index contributed by atoms with van der Waals surface area (Å²) in [6.07, 6.45) is 0. The maximum atomic E-state index is 10.9. The Morgan fingerprint density at radius 2 is 2.00 bits per heavy atom. The van der Waals surface area contributed by atoms with Gasteiger partial charge in [-0.2, -0.15) is 0 Å². The highest BCUT2D eigenvalue weighted by Gasteiger charge is 2.54. The third-order valence-electron chi connectivity index (χ3n) is 2.01.